The molecule has 0 aliphatic carbocycles. The fourth-order valence-corrected chi connectivity index (χ4v) is 2.90. The van der Waals surface area contributed by atoms with Crippen LogP contribution in [-0.2, 0) is 4.79 Å². The number of guanidine groups is 1. The van der Waals surface area contributed by atoms with Crippen molar-refractivity contribution in [2.45, 2.75) is 20.8 Å². The molecule has 138 valence electrons. The Balaban J connectivity index is 2.02. The predicted octanol–water partition coefficient (Wildman–Crippen LogP) is 1.94. The summed E-state index contributed by atoms with van der Waals surface area (Å²) >= 11 is 6.30. The highest BCUT2D eigenvalue weighted by Crippen LogP contribution is 2.26. The molecule has 0 saturated carbocycles. The number of amides is 1. The first-order chi connectivity index (χ1) is 11.8. The van der Waals surface area contributed by atoms with Crippen molar-refractivity contribution in [1.29, 1.82) is 0 Å². The van der Waals surface area contributed by atoms with Crippen LogP contribution in [0.5, 0.6) is 0 Å². The lowest BCUT2D eigenvalue weighted by Crippen LogP contribution is -2.53. The molecule has 1 amide bonds. The van der Waals surface area contributed by atoms with E-state index >= 15 is 0 Å². The van der Waals surface area contributed by atoms with Crippen molar-refractivity contribution in [3.05, 3.63) is 29.3 Å². The van der Waals surface area contributed by atoms with Crippen molar-refractivity contribution in [3.8, 4) is 0 Å². The number of nitrogens with one attached hydrogen (secondary N) is 1. The molecule has 0 radical (unpaired) electrons. The first kappa shape index (κ1) is 19.4. The third-order valence-corrected chi connectivity index (χ3v) is 4.72. The zero-order chi connectivity index (χ0) is 18.4. The van der Waals surface area contributed by atoms with Gasteiger partial charge in [0.2, 0.25) is 5.91 Å². The Labute approximate surface area is 155 Å². The molecule has 7 heteroatoms. The zero-order valence-corrected chi connectivity index (χ0v) is 16.0. The average Bonchev–Trinajstić information content (AvgIpc) is 2.59. The SMILES string of the molecule is CCNC(=NCC(C)(C)C(N)=O)N1CCN(c2ccccc2Cl)CC1. The maximum Gasteiger partial charge on any atom is 0.224 e. The van der Waals surface area contributed by atoms with Gasteiger partial charge in [-0.15, -0.1) is 0 Å². The van der Waals surface area contributed by atoms with E-state index in [1.807, 2.05) is 45.0 Å². The van der Waals surface area contributed by atoms with Crippen LogP contribution in [0.25, 0.3) is 0 Å². The molecule has 25 heavy (non-hydrogen) atoms. The summed E-state index contributed by atoms with van der Waals surface area (Å²) in [5, 5.41) is 4.09. The lowest BCUT2D eigenvalue weighted by Gasteiger charge is -2.38. The number of rotatable bonds is 5. The standard InChI is InChI=1S/C18H28ClN5O/c1-4-21-17(22-13-18(2,3)16(20)25)24-11-9-23(10-12-24)15-8-6-5-7-14(15)19/h5-8H,4,9-13H2,1-3H3,(H2,20,25)(H,21,22). The number of benzene rings is 1. The molecule has 0 spiro atoms. The van der Waals surface area contributed by atoms with Crippen molar-refractivity contribution >= 4 is 29.2 Å². The zero-order valence-electron chi connectivity index (χ0n) is 15.3. The third-order valence-electron chi connectivity index (χ3n) is 4.40. The number of primary amides is 1. The lowest BCUT2D eigenvalue weighted by atomic mass is 9.93. The monoisotopic (exact) mass is 365 g/mol. The number of hydrogen-bond donors (Lipinski definition) is 2. The minimum atomic E-state index is -0.653. The van der Waals surface area contributed by atoms with Crippen LogP contribution in [0.4, 0.5) is 5.69 Å². The second-order valence-corrected chi connectivity index (χ2v) is 7.25. The maximum absolute atomic E-state index is 11.5. The topological polar surface area (TPSA) is 74.0 Å². The van der Waals surface area contributed by atoms with Crippen molar-refractivity contribution < 1.29 is 4.79 Å². The summed E-state index contributed by atoms with van der Waals surface area (Å²) in [6.45, 7) is 10.2. The minimum absolute atomic E-state index is 0.337. The van der Waals surface area contributed by atoms with Gasteiger partial charge in [-0.25, -0.2) is 0 Å². The molecule has 1 heterocycles. The molecule has 6 nitrogen and oxygen atoms in total. The van der Waals surface area contributed by atoms with Gasteiger partial charge in [0.15, 0.2) is 5.96 Å². The van der Waals surface area contributed by atoms with Gasteiger partial charge in [-0.1, -0.05) is 23.7 Å². The van der Waals surface area contributed by atoms with Gasteiger partial charge in [-0.3, -0.25) is 9.79 Å². The summed E-state index contributed by atoms with van der Waals surface area (Å²) in [5.74, 6) is 0.492. The molecule has 0 atom stereocenters. The predicted molar refractivity (Wildman–Crippen MR) is 104 cm³/mol. The number of nitrogens with two attached hydrogens (primary N) is 1. The smallest absolute Gasteiger partial charge is 0.224 e. The largest absolute Gasteiger partial charge is 0.369 e. The Kier molecular flexibility index (Phi) is 6.53. The fraction of sp³-hybridized carbons (Fsp3) is 0.556. The minimum Gasteiger partial charge on any atom is -0.369 e. The van der Waals surface area contributed by atoms with Gasteiger partial charge in [0.05, 0.1) is 22.7 Å². The van der Waals surface area contributed by atoms with E-state index in [0.29, 0.717) is 6.54 Å². The van der Waals surface area contributed by atoms with Gasteiger partial charge in [-0.2, -0.15) is 0 Å². The molecule has 1 aliphatic rings. The first-order valence-electron chi connectivity index (χ1n) is 8.68. The number of nitrogens with zero attached hydrogens (tertiary/aromatic N) is 3. The Morgan fingerprint density at radius 3 is 2.48 bits per heavy atom. The second-order valence-electron chi connectivity index (χ2n) is 6.84. The van der Waals surface area contributed by atoms with E-state index in [0.717, 1.165) is 49.4 Å². The van der Waals surface area contributed by atoms with E-state index in [2.05, 4.69) is 20.1 Å². The number of para-hydroxylation sites is 1. The van der Waals surface area contributed by atoms with Crippen LogP contribution >= 0.6 is 11.6 Å². The van der Waals surface area contributed by atoms with Gasteiger partial charge in [-0.05, 0) is 32.9 Å². The van der Waals surface area contributed by atoms with Gasteiger partial charge in [0.25, 0.3) is 0 Å². The van der Waals surface area contributed by atoms with Crippen LogP contribution in [0.3, 0.4) is 0 Å². The normalized spacial score (nSPS) is 16.1. The Hall–Kier alpha value is -1.95. The van der Waals surface area contributed by atoms with Crippen LogP contribution in [0.15, 0.2) is 29.3 Å². The van der Waals surface area contributed by atoms with E-state index in [-0.39, 0.29) is 5.91 Å². The number of piperazine rings is 1. The van der Waals surface area contributed by atoms with Crippen LogP contribution in [0.1, 0.15) is 20.8 Å². The van der Waals surface area contributed by atoms with Gasteiger partial charge < -0.3 is 20.9 Å². The number of carbonyl (C=O) groups is 1. The summed E-state index contributed by atoms with van der Waals surface area (Å²) in [4.78, 5) is 20.6. The average molecular weight is 366 g/mol. The molecule has 3 N–H and O–H groups in total. The van der Waals surface area contributed by atoms with Gasteiger partial charge in [0.1, 0.15) is 0 Å². The number of halogens is 1. The molecule has 1 saturated heterocycles. The van der Waals surface area contributed by atoms with Crippen molar-refractivity contribution in [1.82, 2.24) is 10.2 Å². The lowest BCUT2D eigenvalue weighted by molar-refractivity contribution is -0.125. The Morgan fingerprint density at radius 1 is 1.28 bits per heavy atom. The molecule has 0 aromatic heterocycles. The highest BCUT2D eigenvalue weighted by atomic mass is 35.5. The summed E-state index contributed by atoms with van der Waals surface area (Å²) in [6, 6.07) is 7.91. The van der Waals surface area contributed by atoms with Crippen molar-refractivity contribution in [3.63, 3.8) is 0 Å². The van der Waals surface area contributed by atoms with Gasteiger partial charge in [0, 0.05) is 32.7 Å². The third kappa shape index (κ3) is 5.01. The molecule has 0 unspecified atom stereocenters. The van der Waals surface area contributed by atoms with E-state index < -0.39 is 5.41 Å². The fourth-order valence-electron chi connectivity index (χ4n) is 2.64. The Bertz CT molecular complexity index is 624. The van der Waals surface area contributed by atoms with Crippen LogP contribution in [-0.4, -0.2) is 56.0 Å². The summed E-state index contributed by atoms with van der Waals surface area (Å²) in [7, 11) is 0. The van der Waals surface area contributed by atoms with E-state index in [9.17, 15) is 4.79 Å². The highest BCUT2D eigenvalue weighted by molar-refractivity contribution is 6.33. The van der Waals surface area contributed by atoms with Crippen LogP contribution < -0.4 is 16.0 Å². The summed E-state index contributed by atoms with van der Waals surface area (Å²) < 4.78 is 0. The Morgan fingerprint density at radius 2 is 1.92 bits per heavy atom. The number of carbonyl (C=O) groups excluding carboxylic acids is 1. The van der Waals surface area contributed by atoms with Crippen LogP contribution in [0.2, 0.25) is 5.02 Å². The first-order valence-corrected chi connectivity index (χ1v) is 9.05. The van der Waals surface area contributed by atoms with Crippen molar-refractivity contribution in [2.75, 3.05) is 44.2 Å². The van der Waals surface area contributed by atoms with E-state index in [1.54, 1.807) is 0 Å². The second kappa shape index (κ2) is 8.43. The van der Waals surface area contributed by atoms with E-state index in [4.69, 9.17) is 17.3 Å². The quantitative estimate of drug-likeness (QED) is 0.617. The summed E-state index contributed by atoms with van der Waals surface area (Å²) in [6.07, 6.45) is 0. The molecule has 1 aromatic rings. The molecular weight excluding hydrogens is 338 g/mol. The van der Waals surface area contributed by atoms with Gasteiger partial charge >= 0.3 is 0 Å². The number of hydrogen-bond acceptors (Lipinski definition) is 3. The molecule has 2 rings (SSSR count). The number of aliphatic imine (C=N–C) groups is 1. The van der Waals surface area contributed by atoms with E-state index in [1.165, 1.54) is 0 Å². The maximum atomic E-state index is 11.5. The molecule has 1 fully saturated rings. The molecule has 0 bridgehead atoms. The van der Waals surface area contributed by atoms with Crippen molar-refractivity contribution in [2.24, 2.45) is 16.1 Å². The number of anilines is 1. The summed E-state index contributed by atoms with van der Waals surface area (Å²) in [5.41, 5.74) is 5.86. The van der Waals surface area contributed by atoms with Crippen LogP contribution in [0, 0.1) is 5.41 Å². The molecule has 1 aromatic carbocycles. The highest BCUT2D eigenvalue weighted by Gasteiger charge is 2.26. The molecular formula is C18H28ClN5O. The molecule has 1 aliphatic heterocycles.